The third-order valence-electron chi connectivity index (χ3n) is 2.14. The molecule has 0 atom stereocenters. The van der Waals surface area contributed by atoms with Gasteiger partial charge in [0.1, 0.15) is 5.15 Å². The minimum atomic E-state index is 0.289. The van der Waals surface area contributed by atoms with Gasteiger partial charge in [0.25, 0.3) is 0 Å². The fraction of sp³-hybridized carbons (Fsp3) is 0. The largest absolute Gasteiger partial charge is 0.298 e. The zero-order valence-electron chi connectivity index (χ0n) is 8.85. The maximum absolute atomic E-state index is 10.8. The van der Waals surface area contributed by atoms with Crippen molar-refractivity contribution in [1.82, 2.24) is 4.98 Å². The van der Waals surface area contributed by atoms with Gasteiger partial charge in [-0.2, -0.15) is 0 Å². The zero-order valence-corrected chi connectivity index (χ0v) is 9.61. The lowest BCUT2D eigenvalue weighted by atomic mass is 10.1. The summed E-state index contributed by atoms with van der Waals surface area (Å²) in [5.74, 6) is 5.87. The van der Waals surface area contributed by atoms with Gasteiger partial charge in [0.15, 0.2) is 6.29 Å². The van der Waals surface area contributed by atoms with Gasteiger partial charge < -0.3 is 0 Å². The molecule has 2 rings (SSSR count). The van der Waals surface area contributed by atoms with Crippen LogP contribution in [0, 0.1) is 11.8 Å². The van der Waals surface area contributed by atoms with E-state index in [-0.39, 0.29) is 5.15 Å². The molecule has 0 N–H and O–H groups in total. The number of halogens is 1. The molecule has 0 saturated heterocycles. The molecular weight excluding hydrogens is 234 g/mol. The SMILES string of the molecule is O=Cc1cc(Cl)ncc1C#Cc1ccccc1. The molecule has 82 valence electrons. The van der Waals surface area contributed by atoms with E-state index in [0.717, 1.165) is 11.8 Å². The van der Waals surface area contributed by atoms with Crippen LogP contribution in [-0.2, 0) is 0 Å². The fourth-order valence-corrected chi connectivity index (χ4v) is 1.47. The summed E-state index contributed by atoms with van der Waals surface area (Å²) in [4.78, 5) is 14.7. The number of carbonyl (C=O) groups excluding carboxylic acids is 1. The van der Waals surface area contributed by atoms with Crippen molar-refractivity contribution in [2.75, 3.05) is 0 Å². The molecule has 1 aromatic heterocycles. The van der Waals surface area contributed by atoms with Gasteiger partial charge in [0.05, 0.1) is 5.56 Å². The van der Waals surface area contributed by atoms with Crippen LogP contribution < -0.4 is 0 Å². The molecule has 1 heterocycles. The summed E-state index contributed by atoms with van der Waals surface area (Å²) in [6, 6.07) is 11.0. The Hall–Kier alpha value is -2.11. The molecule has 0 fully saturated rings. The summed E-state index contributed by atoms with van der Waals surface area (Å²) < 4.78 is 0. The molecule has 0 radical (unpaired) electrons. The summed E-state index contributed by atoms with van der Waals surface area (Å²) in [6.07, 6.45) is 2.23. The summed E-state index contributed by atoms with van der Waals surface area (Å²) in [6.45, 7) is 0. The number of hydrogen-bond acceptors (Lipinski definition) is 2. The third-order valence-corrected chi connectivity index (χ3v) is 2.35. The number of rotatable bonds is 1. The van der Waals surface area contributed by atoms with E-state index in [0.29, 0.717) is 11.1 Å². The van der Waals surface area contributed by atoms with Gasteiger partial charge in [-0.15, -0.1) is 0 Å². The lowest BCUT2D eigenvalue weighted by Crippen LogP contribution is -1.89. The number of pyridine rings is 1. The predicted octanol–water partition coefficient (Wildman–Crippen LogP) is 2.95. The number of aldehydes is 1. The van der Waals surface area contributed by atoms with Crippen LogP contribution in [0.2, 0.25) is 5.15 Å². The minimum absolute atomic E-state index is 0.289. The second-order valence-electron chi connectivity index (χ2n) is 3.33. The predicted molar refractivity (Wildman–Crippen MR) is 67.1 cm³/mol. The Bertz CT molecular complexity index is 597. The van der Waals surface area contributed by atoms with E-state index in [1.807, 2.05) is 30.3 Å². The van der Waals surface area contributed by atoms with E-state index in [9.17, 15) is 4.79 Å². The molecule has 2 aromatic rings. The van der Waals surface area contributed by atoms with Crippen LogP contribution in [0.25, 0.3) is 0 Å². The highest BCUT2D eigenvalue weighted by Crippen LogP contribution is 2.10. The summed E-state index contributed by atoms with van der Waals surface area (Å²) >= 11 is 5.69. The van der Waals surface area contributed by atoms with Gasteiger partial charge in [-0.05, 0) is 18.2 Å². The molecule has 1 aromatic carbocycles. The van der Waals surface area contributed by atoms with Gasteiger partial charge >= 0.3 is 0 Å². The first-order valence-electron chi connectivity index (χ1n) is 4.97. The third kappa shape index (κ3) is 2.93. The van der Waals surface area contributed by atoms with Crippen LogP contribution in [0.3, 0.4) is 0 Å². The molecule has 2 nitrogen and oxygen atoms in total. The first kappa shape index (κ1) is 11.4. The van der Waals surface area contributed by atoms with Crippen molar-refractivity contribution in [1.29, 1.82) is 0 Å². The quantitative estimate of drug-likeness (QED) is 0.437. The van der Waals surface area contributed by atoms with Crippen molar-refractivity contribution >= 4 is 17.9 Å². The Labute approximate surface area is 104 Å². The molecule has 0 spiro atoms. The number of nitrogens with zero attached hydrogens (tertiary/aromatic N) is 1. The summed E-state index contributed by atoms with van der Waals surface area (Å²) in [5.41, 5.74) is 1.92. The summed E-state index contributed by atoms with van der Waals surface area (Å²) in [5, 5.41) is 0.289. The van der Waals surface area contributed by atoms with E-state index in [4.69, 9.17) is 11.6 Å². The van der Waals surface area contributed by atoms with Crippen LogP contribution in [-0.4, -0.2) is 11.3 Å². The van der Waals surface area contributed by atoms with E-state index < -0.39 is 0 Å². The van der Waals surface area contributed by atoms with Crippen molar-refractivity contribution in [3.63, 3.8) is 0 Å². The van der Waals surface area contributed by atoms with Crippen LogP contribution in [0.15, 0.2) is 42.6 Å². The van der Waals surface area contributed by atoms with Gasteiger partial charge in [-0.3, -0.25) is 4.79 Å². The first-order chi connectivity index (χ1) is 8.29. The molecule has 0 bridgehead atoms. The smallest absolute Gasteiger partial charge is 0.151 e. The van der Waals surface area contributed by atoms with Gasteiger partial charge in [0, 0.05) is 17.3 Å². The molecule has 3 heteroatoms. The molecule has 0 unspecified atom stereocenters. The molecule has 0 aliphatic heterocycles. The minimum Gasteiger partial charge on any atom is -0.298 e. The van der Waals surface area contributed by atoms with Gasteiger partial charge in [-0.25, -0.2) is 4.98 Å². The lowest BCUT2D eigenvalue weighted by molar-refractivity contribution is 0.112. The summed E-state index contributed by atoms with van der Waals surface area (Å²) in [7, 11) is 0. The Morgan fingerprint density at radius 2 is 1.94 bits per heavy atom. The number of hydrogen-bond donors (Lipinski definition) is 0. The Balaban J connectivity index is 2.37. The number of carbonyl (C=O) groups is 1. The van der Waals surface area contributed by atoms with Crippen molar-refractivity contribution in [2.45, 2.75) is 0 Å². The highest BCUT2D eigenvalue weighted by molar-refractivity contribution is 6.29. The second kappa shape index (κ2) is 5.29. The fourth-order valence-electron chi connectivity index (χ4n) is 1.31. The molecule has 0 aliphatic rings. The normalized spacial score (nSPS) is 9.24. The maximum Gasteiger partial charge on any atom is 0.151 e. The Morgan fingerprint density at radius 1 is 1.18 bits per heavy atom. The molecule has 0 amide bonds. The van der Waals surface area contributed by atoms with Crippen LogP contribution in [0.1, 0.15) is 21.5 Å². The molecule has 0 aliphatic carbocycles. The first-order valence-corrected chi connectivity index (χ1v) is 5.35. The molecular formula is C14H8ClNO. The Kier molecular flexibility index (Phi) is 3.54. The topological polar surface area (TPSA) is 30.0 Å². The Morgan fingerprint density at radius 3 is 2.65 bits per heavy atom. The van der Waals surface area contributed by atoms with E-state index in [1.165, 1.54) is 12.3 Å². The van der Waals surface area contributed by atoms with Crippen molar-refractivity contribution < 1.29 is 4.79 Å². The van der Waals surface area contributed by atoms with E-state index in [2.05, 4.69) is 16.8 Å². The number of benzene rings is 1. The average molecular weight is 242 g/mol. The van der Waals surface area contributed by atoms with Crippen LogP contribution >= 0.6 is 11.6 Å². The average Bonchev–Trinajstić information content (AvgIpc) is 2.38. The van der Waals surface area contributed by atoms with Gasteiger partial charge in [0.2, 0.25) is 0 Å². The van der Waals surface area contributed by atoms with Gasteiger partial charge in [-0.1, -0.05) is 41.6 Å². The van der Waals surface area contributed by atoms with Crippen molar-refractivity contribution in [3.8, 4) is 11.8 Å². The monoisotopic (exact) mass is 241 g/mol. The number of aromatic nitrogens is 1. The molecule has 0 saturated carbocycles. The standard InChI is InChI=1S/C14H8ClNO/c15-14-8-13(10-17)12(9-16-14)7-6-11-4-2-1-3-5-11/h1-5,8-10H. The highest BCUT2D eigenvalue weighted by atomic mass is 35.5. The highest BCUT2D eigenvalue weighted by Gasteiger charge is 2.00. The van der Waals surface area contributed by atoms with E-state index in [1.54, 1.807) is 0 Å². The van der Waals surface area contributed by atoms with Crippen molar-refractivity contribution in [2.24, 2.45) is 0 Å². The van der Waals surface area contributed by atoms with Crippen LogP contribution in [0.5, 0.6) is 0 Å². The van der Waals surface area contributed by atoms with E-state index >= 15 is 0 Å². The zero-order chi connectivity index (χ0) is 12.1. The van der Waals surface area contributed by atoms with Crippen molar-refractivity contribution in [3.05, 3.63) is 64.4 Å². The second-order valence-corrected chi connectivity index (χ2v) is 3.72. The maximum atomic E-state index is 10.8. The van der Waals surface area contributed by atoms with Crippen LogP contribution in [0.4, 0.5) is 0 Å². The molecule has 17 heavy (non-hydrogen) atoms. The lowest BCUT2D eigenvalue weighted by Gasteiger charge is -1.95.